The Kier molecular flexibility index (Phi) is 10.9. The van der Waals surface area contributed by atoms with E-state index >= 15 is 0 Å². The molecule has 10 heteroatoms. The van der Waals surface area contributed by atoms with Crippen molar-refractivity contribution in [1.82, 2.24) is 10.2 Å². The number of carbonyl (C=O) groups is 2. The van der Waals surface area contributed by atoms with Gasteiger partial charge in [0.05, 0.1) is 10.6 Å². The first-order valence-corrected chi connectivity index (χ1v) is 17.6. The highest BCUT2D eigenvalue weighted by Crippen LogP contribution is 2.27. The van der Waals surface area contributed by atoms with Crippen molar-refractivity contribution in [2.75, 3.05) is 10.8 Å². The van der Waals surface area contributed by atoms with Gasteiger partial charge in [0.1, 0.15) is 18.4 Å². The number of nitrogens with one attached hydrogen (secondary N) is 1. The fourth-order valence-electron chi connectivity index (χ4n) is 5.68. The molecule has 0 saturated heterocycles. The van der Waals surface area contributed by atoms with Gasteiger partial charge in [-0.25, -0.2) is 12.8 Å². The Morgan fingerprint density at radius 1 is 0.870 bits per heavy atom. The van der Waals surface area contributed by atoms with Crippen molar-refractivity contribution >= 4 is 43.5 Å². The number of rotatable bonds is 12. The van der Waals surface area contributed by atoms with Crippen LogP contribution >= 0.6 is 15.9 Å². The van der Waals surface area contributed by atoms with Gasteiger partial charge < -0.3 is 10.2 Å². The van der Waals surface area contributed by atoms with E-state index in [-0.39, 0.29) is 29.8 Å². The molecule has 0 aliphatic heterocycles. The van der Waals surface area contributed by atoms with Crippen LogP contribution in [0.25, 0.3) is 0 Å². The van der Waals surface area contributed by atoms with E-state index < -0.39 is 34.3 Å². The average molecular weight is 707 g/mol. The van der Waals surface area contributed by atoms with Crippen molar-refractivity contribution in [3.05, 3.63) is 130 Å². The van der Waals surface area contributed by atoms with E-state index in [0.717, 1.165) is 45.6 Å². The van der Waals surface area contributed by atoms with Crippen LogP contribution in [0, 0.1) is 12.7 Å². The molecule has 2 amide bonds. The average Bonchev–Trinajstić information content (AvgIpc) is 3.56. The quantitative estimate of drug-likeness (QED) is 0.176. The lowest BCUT2D eigenvalue weighted by molar-refractivity contribution is -0.140. The number of hydrogen-bond donors (Lipinski definition) is 1. The Balaban J connectivity index is 1.55. The summed E-state index contributed by atoms with van der Waals surface area (Å²) in [4.78, 5) is 30.0. The molecule has 46 heavy (non-hydrogen) atoms. The van der Waals surface area contributed by atoms with Gasteiger partial charge in [-0.15, -0.1) is 0 Å². The Morgan fingerprint density at radius 2 is 1.50 bits per heavy atom. The number of aryl methyl sites for hydroxylation is 1. The molecule has 4 aromatic carbocycles. The van der Waals surface area contributed by atoms with Crippen LogP contribution in [0.5, 0.6) is 0 Å². The number of amides is 2. The predicted octanol–water partition coefficient (Wildman–Crippen LogP) is 6.79. The highest BCUT2D eigenvalue weighted by atomic mass is 79.9. The van der Waals surface area contributed by atoms with Gasteiger partial charge in [0, 0.05) is 23.5 Å². The highest BCUT2D eigenvalue weighted by molar-refractivity contribution is 9.10. The Bertz CT molecular complexity index is 1730. The van der Waals surface area contributed by atoms with Gasteiger partial charge in [-0.2, -0.15) is 0 Å². The minimum Gasteiger partial charge on any atom is -0.352 e. The summed E-state index contributed by atoms with van der Waals surface area (Å²) < 4.78 is 44.0. The molecule has 7 nitrogen and oxygen atoms in total. The summed E-state index contributed by atoms with van der Waals surface area (Å²) in [7, 11) is -4.19. The van der Waals surface area contributed by atoms with Gasteiger partial charge >= 0.3 is 0 Å². The fraction of sp³-hybridized carbons (Fsp3) is 0.278. The van der Waals surface area contributed by atoms with Crippen molar-refractivity contribution in [3.8, 4) is 0 Å². The van der Waals surface area contributed by atoms with E-state index in [2.05, 4.69) is 21.2 Å². The SMILES string of the molecule is Cc1ccc(S(=O)(=O)N(CC(=O)N(Cc2ccc(F)cc2)[C@@H](Cc2ccccc2)C(=O)NC2CCCC2)c2ccc(Br)cc2)cc1. The summed E-state index contributed by atoms with van der Waals surface area (Å²) in [5.74, 6) is -1.29. The first-order valence-electron chi connectivity index (χ1n) is 15.3. The topological polar surface area (TPSA) is 86.8 Å². The number of anilines is 1. The summed E-state index contributed by atoms with van der Waals surface area (Å²) in [6.07, 6.45) is 3.98. The molecule has 0 aromatic heterocycles. The lowest BCUT2D eigenvalue weighted by Gasteiger charge is -2.34. The largest absolute Gasteiger partial charge is 0.352 e. The van der Waals surface area contributed by atoms with Crippen LogP contribution in [0.3, 0.4) is 0 Å². The molecular weight excluding hydrogens is 669 g/mol. The van der Waals surface area contributed by atoms with Crippen LogP contribution in [0.2, 0.25) is 0 Å². The second-order valence-electron chi connectivity index (χ2n) is 11.6. The summed E-state index contributed by atoms with van der Waals surface area (Å²) >= 11 is 3.40. The minimum absolute atomic E-state index is 0.00901. The number of carbonyl (C=O) groups excluding carboxylic acids is 2. The molecule has 1 aliphatic carbocycles. The molecule has 0 radical (unpaired) electrons. The third kappa shape index (κ3) is 8.41. The number of sulfonamides is 1. The van der Waals surface area contributed by atoms with Crippen molar-refractivity contribution < 1.29 is 22.4 Å². The fourth-order valence-corrected chi connectivity index (χ4v) is 7.36. The predicted molar refractivity (Wildman–Crippen MR) is 181 cm³/mol. The first kappa shape index (κ1) is 33.3. The number of nitrogens with zero attached hydrogens (tertiary/aromatic N) is 2. The Morgan fingerprint density at radius 3 is 2.13 bits per heavy atom. The highest BCUT2D eigenvalue weighted by Gasteiger charge is 2.35. The molecule has 1 N–H and O–H groups in total. The molecule has 4 aromatic rings. The Labute approximate surface area is 278 Å². The zero-order valence-electron chi connectivity index (χ0n) is 25.6. The van der Waals surface area contributed by atoms with E-state index in [1.54, 1.807) is 48.5 Å². The maximum absolute atomic E-state index is 14.5. The van der Waals surface area contributed by atoms with Crippen LogP contribution < -0.4 is 9.62 Å². The van der Waals surface area contributed by atoms with Crippen molar-refractivity contribution in [2.45, 2.75) is 62.6 Å². The maximum atomic E-state index is 14.5. The molecule has 240 valence electrons. The zero-order valence-corrected chi connectivity index (χ0v) is 28.0. The summed E-state index contributed by atoms with van der Waals surface area (Å²) in [6.45, 7) is 1.29. The van der Waals surface area contributed by atoms with Crippen LogP contribution in [0.1, 0.15) is 42.4 Å². The van der Waals surface area contributed by atoms with E-state index in [1.807, 2.05) is 37.3 Å². The molecule has 0 unspecified atom stereocenters. The van der Waals surface area contributed by atoms with Crippen molar-refractivity contribution in [2.24, 2.45) is 0 Å². The van der Waals surface area contributed by atoms with E-state index in [1.165, 1.54) is 29.2 Å². The van der Waals surface area contributed by atoms with Gasteiger partial charge in [-0.05, 0) is 79.4 Å². The van der Waals surface area contributed by atoms with Gasteiger partial charge in [-0.3, -0.25) is 13.9 Å². The second kappa shape index (κ2) is 15.0. The summed E-state index contributed by atoms with van der Waals surface area (Å²) in [6, 6.07) is 27.3. The second-order valence-corrected chi connectivity index (χ2v) is 14.4. The molecule has 1 aliphatic rings. The standard InChI is InChI=1S/C36H37BrFN3O4S/c1-26-11-21-33(22-12-26)46(44,45)41(32-19-15-29(37)16-20-32)25-35(42)40(24-28-13-17-30(38)18-14-28)34(23-27-7-3-2-4-8-27)36(43)39-31-9-5-6-10-31/h2-4,7-8,11-22,31,34H,5-6,9-10,23-25H2,1H3,(H,39,43)/t34-/m0/s1. The Hall–Kier alpha value is -4.02. The maximum Gasteiger partial charge on any atom is 0.264 e. The van der Waals surface area contributed by atoms with Crippen LogP contribution in [0.15, 0.2) is 112 Å². The molecule has 1 atom stereocenters. The molecule has 1 fully saturated rings. The van der Waals surface area contributed by atoms with Gasteiger partial charge in [-0.1, -0.05) is 88.9 Å². The molecule has 1 saturated carbocycles. The van der Waals surface area contributed by atoms with Gasteiger partial charge in [0.25, 0.3) is 10.0 Å². The molecular formula is C36H37BrFN3O4S. The summed E-state index contributed by atoms with van der Waals surface area (Å²) in [5.41, 5.74) is 2.66. The lowest BCUT2D eigenvalue weighted by Crippen LogP contribution is -2.54. The van der Waals surface area contributed by atoms with Gasteiger partial charge in [0.15, 0.2) is 0 Å². The zero-order chi connectivity index (χ0) is 32.7. The van der Waals surface area contributed by atoms with Crippen molar-refractivity contribution in [1.29, 1.82) is 0 Å². The normalized spacial score (nSPS) is 14.1. The summed E-state index contributed by atoms with van der Waals surface area (Å²) in [5, 5.41) is 3.15. The molecule has 0 bridgehead atoms. The van der Waals surface area contributed by atoms with E-state index in [4.69, 9.17) is 0 Å². The number of halogens is 2. The van der Waals surface area contributed by atoms with Crippen LogP contribution in [0.4, 0.5) is 10.1 Å². The smallest absolute Gasteiger partial charge is 0.264 e. The van der Waals surface area contributed by atoms with Crippen LogP contribution in [-0.4, -0.2) is 43.8 Å². The van der Waals surface area contributed by atoms with Gasteiger partial charge in [0.2, 0.25) is 11.8 Å². The first-order chi connectivity index (χ1) is 22.1. The monoisotopic (exact) mass is 705 g/mol. The third-order valence-corrected chi connectivity index (χ3v) is 10.6. The molecule has 0 heterocycles. The van der Waals surface area contributed by atoms with E-state index in [0.29, 0.717) is 11.3 Å². The number of benzene rings is 4. The number of hydrogen-bond acceptors (Lipinski definition) is 4. The lowest BCUT2D eigenvalue weighted by atomic mass is 10.0. The van der Waals surface area contributed by atoms with Crippen molar-refractivity contribution in [3.63, 3.8) is 0 Å². The minimum atomic E-state index is -4.19. The molecule has 0 spiro atoms. The molecule has 5 rings (SSSR count). The third-order valence-electron chi connectivity index (χ3n) is 8.24. The van der Waals surface area contributed by atoms with Crippen LogP contribution in [-0.2, 0) is 32.6 Å². The van der Waals surface area contributed by atoms with E-state index in [9.17, 15) is 22.4 Å².